The number of furan rings is 1. The van der Waals surface area contributed by atoms with Gasteiger partial charge in [-0.15, -0.1) is 0 Å². The van der Waals surface area contributed by atoms with Crippen molar-refractivity contribution in [3.63, 3.8) is 0 Å². The maximum absolute atomic E-state index is 11.1. The molecule has 5 heteroatoms. The van der Waals surface area contributed by atoms with Crippen LogP contribution >= 0.6 is 0 Å². The van der Waals surface area contributed by atoms with Crippen molar-refractivity contribution in [2.75, 3.05) is 12.0 Å². The minimum atomic E-state index is -3.04. The highest BCUT2D eigenvalue weighted by Gasteiger charge is 2.36. The van der Waals surface area contributed by atoms with E-state index in [4.69, 9.17) is 4.42 Å². The van der Waals surface area contributed by atoms with E-state index in [0.29, 0.717) is 6.42 Å². The fourth-order valence-electron chi connectivity index (χ4n) is 2.24. The molecule has 1 aromatic rings. The predicted octanol–water partition coefficient (Wildman–Crippen LogP) is 1.24. The summed E-state index contributed by atoms with van der Waals surface area (Å²) in [7, 11) is -3.04. The molecule has 0 saturated heterocycles. The van der Waals surface area contributed by atoms with E-state index >= 15 is 0 Å². The molecule has 1 atom stereocenters. The lowest BCUT2D eigenvalue weighted by atomic mass is 9.81. The summed E-state index contributed by atoms with van der Waals surface area (Å²) < 4.78 is 27.5. The third-order valence-electron chi connectivity index (χ3n) is 3.13. The van der Waals surface area contributed by atoms with Crippen LogP contribution in [0.5, 0.6) is 0 Å². The molecule has 1 aliphatic carbocycles. The topological polar surface area (TPSA) is 67.5 Å². The zero-order chi connectivity index (χ0) is 11.8. The Morgan fingerprint density at radius 3 is 3.00 bits per heavy atom. The second-order valence-corrected chi connectivity index (χ2v) is 6.78. The molecule has 0 saturated carbocycles. The second kappa shape index (κ2) is 3.89. The summed E-state index contributed by atoms with van der Waals surface area (Å²) >= 11 is 0. The molecular weight excluding hydrogens is 228 g/mol. The first-order valence-corrected chi connectivity index (χ1v) is 7.44. The van der Waals surface area contributed by atoms with Crippen molar-refractivity contribution in [2.24, 2.45) is 0 Å². The number of aliphatic hydroxyl groups is 1. The third kappa shape index (κ3) is 2.30. The first kappa shape index (κ1) is 11.7. The van der Waals surface area contributed by atoms with Gasteiger partial charge >= 0.3 is 0 Å². The lowest BCUT2D eigenvalue weighted by Gasteiger charge is -2.31. The van der Waals surface area contributed by atoms with Crippen LogP contribution in [0, 0.1) is 0 Å². The number of hydrogen-bond acceptors (Lipinski definition) is 4. The minimum Gasteiger partial charge on any atom is -0.469 e. The van der Waals surface area contributed by atoms with Crippen LogP contribution in [-0.2, 0) is 21.9 Å². The SMILES string of the molecule is CS(=O)(=O)CCC1(O)CCCc2occc21. The van der Waals surface area contributed by atoms with E-state index in [0.717, 1.165) is 24.2 Å². The summed E-state index contributed by atoms with van der Waals surface area (Å²) in [5.74, 6) is 0.802. The molecule has 16 heavy (non-hydrogen) atoms. The molecule has 1 unspecified atom stereocenters. The Bertz CT molecular complexity index is 474. The summed E-state index contributed by atoms with van der Waals surface area (Å²) in [5, 5.41) is 10.5. The predicted molar refractivity (Wildman–Crippen MR) is 59.9 cm³/mol. The van der Waals surface area contributed by atoms with E-state index in [-0.39, 0.29) is 12.2 Å². The van der Waals surface area contributed by atoms with Crippen molar-refractivity contribution in [1.29, 1.82) is 0 Å². The molecule has 0 aliphatic heterocycles. The van der Waals surface area contributed by atoms with E-state index in [1.54, 1.807) is 12.3 Å². The lowest BCUT2D eigenvalue weighted by Crippen LogP contribution is -2.32. The fraction of sp³-hybridized carbons (Fsp3) is 0.636. The van der Waals surface area contributed by atoms with Gasteiger partial charge in [-0.25, -0.2) is 8.42 Å². The molecule has 0 fully saturated rings. The zero-order valence-corrected chi connectivity index (χ0v) is 10.1. The Hall–Kier alpha value is -0.810. The van der Waals surface area contributed by atoms with Gasteiger partial charge < -0.3 is 9.52 Å². The Morgan fingerprint density at radius 1 is 1.56 bits per heavy atom. The first-order valence-electron chi connectivity index (χ1n) is 5.38. The van der Waals surface area contributed by atoms with Gasteiger partial charge in [0.25, 0.3) is 0 Å². The average molecular weight is 244 g/mol. The lowest BCUT2D eigenvalue weighted by molar-refractivity contribution is 0.0135. The highest BCUT2D eigenvalue weighted by Crippen LogP contribution is 2.38. The monoisotopic (exact) mass is 244 g/mol. The smallest absolute Gasteiger partial charge is 0.147 e. The molecule has 1 heterocycles. The number of rotatable bonds is 3. The van der Waals surface area contributed by atoms with Crippen molar-refractivity contribution in [3.8, 4) is 0 Å². The number of sulfone groups is 1. The summed E-state index contributed by atoms with van der Waals surface area (Å²) in [5.41, 5.74) is -0.258. The Balaban J connectivity index is 2.21. The number of aryl methyl sites for hydroxylation is 1. The van der Waals surface area contributed by atoms with Crippen molar-refractivity contribution < 1.29 is 17.9 Å². The van der Waals surface area contributed by atoms with Gasteiger partial charge in [0.2, 0.25) is 0 Å². The Morgan fingerprint density at radius 2 is 2.31 bits per heavy atom. The number of fused-ring (bicyclic) bond motifs is 1. The number of hydrogen-bond donors (Lipinski definition) is 1. The van der Waals surface area contributed by atoms with Crippen LogP contribution in [-0.4, -0.2) is 25.5 Å². The van der Waals surface area contributed by atoms with E-state index in [9.17, 15) is 13.5 Å². The summed E-state index contributed by atoms with van der Waals surface area (Å²) in [6, 6.07) is 1.75. The molecular formula is C11H16O4S. The molecule has 0 spiro atoms. The summed E-state index contributed by atoms with van der Waals surface area (Å²) in [4.78, 5) is 0. The van der Waals surface area contributed by atoms with Crippen LogP contribution in [0.15, 0.2) is 16.7 Å². The molecule has 1 aliphatic rings. The zero-order valence-electron chi connectivity index (χ0n) is 9.27. The molecule has 4 nitrogen and oxygen atoms in total. The van der Waals surface area contributed by atoms with Gasteiger partial charge in [0.1, 0.15) is 15.6 Å². The molecule has 1 N–H and O–H groups in total. The first-order chi connectivity index (χ1) is 7.41. The van der Waals surface area contributed by atoms with Gasteiger partial charge in [0.15, 0.2) is 0 Å². The maximum Gasteiger partial charge on any atom is 0.147 e. The van der Waals surface area contributed by atoms with E-state index < -0.39 is 15.4 Å². The third-order valence-corrected chi connectivity index (χ3v) is 4.07. The van der Waals surface area contributed by atoms with E-state index in [1.807, 2.05) is 0 Å². The minimum absolute atomic E-state index is 0.00806. The van der Waals surface area contributed by atoms with Crippen LogP contribution in [0.1, 0.15) is 30.6 Å². The fourth-order valence-corrected chi connectivity index (χ4v) is 2.95. The van der Waals surface area contributed by atoms with E-state index in [1.165, 1.54) is 6.26 Å². The average Bonchev–Trinajstić information content (AvgIpc) is 2.64. The quantitative estimate of drug-likeness (QED) is 0.868. The van der Waals surface area contributed by atoms with Crippen LogP contribution in [0.25, 0.3) is 0 Å². The van der Waals surface area contributed by atoms with Crippen molar-refractivity contribution in [2.45, 2.75) is 31.3 Å². The molecule has 0 bridgehead atoms. The summed E-state index contributed by atoms with van der Waals surface area (Å²) in [6.07, 6.45) is 5.26. The van der Waals surface area contributed by atoms with Crippen LogP contribution in [0.3, 0.4) is 0 Å². The molecule has 0 aromatic carbocycles. The van der Waals surface area contributed by atoms with Gasteiger partial charge in [-0.1, -0.05) is 0 Å². The van der Waals surface area contributed by atoms with Gasteiger partial charge in [0.05, 0.1) is 17.6 Å². The van der Waals surface area contributed by atoms with Gasteiger partial charge in [-0.05, 0) is 25.3 Å². The highest BCUT2D eigenvalue weighted by molar-refractivity contribution is 7.90. The Kier molecular flexibility index (Phi) is 2.84. The van der Waals surface area contributed by atoms with Crippen molar-refractivity contribution in [1.82, 2.24) is 0 Å². The normalized spacial score (nSPS) is 25.4. The second-order valence-electron chi connectivity index (χ2n) is 4.52. The van der Waals surface area contributed by atoms with Crippen LogP contribution in [0.2, 0.25) is 0 Å². The standard InChI is InChI=1S/C11H16O4S/c1-16(13,14)8-6-11(12)5-2-3-10-9(11)4-7-15-10/h4,7,12H,2-3,5-6,8H2,1H3. The van der Waals surface area contributed by atoms with Gasteiger partial charge in [0, 0.05) is 18.2 Å². The summed E-state index contributed by atoms with van der Waals surface area (Å²) in [6.45, 7) is 0. The highest BCUT2D eigenvalue weighted by atomic mass is 32.2. The Labute approximate surface area is 95.2 Å². The molecule has 1 aromatic heterocycles. The van der Waals surface area contributed by atoms with Gasteiger partial charge in [-0.3, -0.25) is 0 Å². The molecule has 0 amide bonds. The van der Waals surface area contributed by atoms with E-state index in [2.05, 4.69) is 0 Å². The van der Waals surface area contributed by atoms with Crippen molar-refractivity contribution in [3.05, 3.63) is 23.7 Å². The largest absolute Gasteiger partial charge is 0.469 e. The molecule has 90 valence electrons. The molecule has 2 rings (SSSR count). The van der Waals surface area contributed by atoms with Crippen LogP contribution < -0.4 is 0 Å². The van der Waals surface area contributed by atoms with Crippen LogP contribution in [0.4, 0.5) is 0 Å². The van der Waals surface area contributed by atoms with Crippen molar-refractivity contribution >= 4 is 9.84 Å². The maximum atomic E-state index is 11.1. The molecule has 0 radical (unpaired) electrons. The van der Waals surface area contributed by atoms with Gasteiger partial charge in [-0.2, -0.15) is 0 Å².